The van der Waals surface area contributed by atoms with Gasteiger partial charge in [0, 0.05) is 18.4 Å². The van der Waals surface area contributed by atoms with E-state index in [4.69, 9.17) is 5.11 Å². The lowest BCUT2D eigenvalue weighted by Crippen LogP contribution is -2.49. The van der Waals surface area contributed by atoms with Gasteiger partial charge in [0.1, 0.15) is 5.78 Å². The lowest BCUT2D eigenvalue weighted by molar-refractivity contribution is -0.121. The van der Waals surface area contributed by atoms with Crippen LogP contribution < -0.4 is 5.32 Å². The van der Waals surface area contributed by atoms with Crippen LogP contribution in [0.3, 0.4) is 0 Å². The molecule has 1 amide bonds. The number of hydrogen-bond donors (Lipinski definition) is 2. The van der Waals surface area contributed by atoms with Crippen LogP contribution in [-0.2, 0) is 4.79 Å². The molecule has 0 aromatic heterocycles. The fourth-order valence-corrected chi connectivity index (χ4v) is 2.04. The van der Waals surface area contributed by atoms with Crippen LogP contribution in [0.2, 0.25) is 0 Å². The molecule has 1 fully saturated rings. The minimum Gasteiger partial charge on any atom is -0.465 e. The number of carbonyl (C=O) groups is 2. The van der Waals surface area contributed by atoms with Gasteiger partial charge in [-0.05, 0) is 32.6 Å². The highest BCUT2D eigenvalue weighted by Gasteiger charge is 2.33. The van der Waals surface area contributed by atoms with Gasteiger partial charge in [0.2, 0.25) is 0 Å². The Morgan fingerprint density at radius 2 is 1.93 bits per heavy atom. The summed E-state index contributed by atoms with van der Waals surface area (Å²) in [5, 5.41) is 11.2. The Kier molecular flexibility index (Phi) is 3.13. The topological polar surface area (TPSA) is 66.4 Å². The first kappa shape index (κ1) is 11.0. The zero-order valence-corrected chi connectivity index (χ0v) is 8.67. The summed E-state index contributed by atoms with van der Waals surface area (Å²) in [6.07, 6.45) is 1.79. The molecule has 4 nitrogen and oxygen atoms in total. The van der Waals surface area contributed by atoms with E-state index in [1.807, 2.05) is 13.8 Å². The van der Waals surface area contributed by atoms with Crippen LogP contribution in [0, 0.1) is 5.92 Å². The smallest absolute Gasteiger partial charge is 0.405 e. The Labute approximate surface area is 83.7 Å². The second kappa shape index (κ2) is 3.98. The maximum Gasteiger partial charge on any atom is 0.405 e. The maximum absolute atomic E-state index is 11.0. The average molecular weight is 199 g/mol. The summed E-state index contributed by atoms with van der Waals surface area (Å²) in [6.45, 7) is 3.75. The van der Waals surface area contributed by atoms with Crippen molar-refractivity contribution in [1.82, 2.24) is 5.32 Å². The number of rotatable bonds is 2. The molecule has 0 saturated heterocycles. The summed E-state index contributed by atoms with van der Waals surface area (Å²) in [5.41, 5.74) is -0.424. The highest BCUT2D eigenvalue weighted by atomic mass is 16.4. The third kappa shape index (κ3) is 2.72. The summed E-state index contributed by atoms with van der Waals surface area (Å²) in [7, 11) is 0. The molecule has 1 rings (SSSR count). The molecular formula is C10H17NO3. The molecule has 1 aliphatic carbocycles. The first-order chi connectivity index (χ1) is 6.42. The van der Waals surface area contributed by atoms with Crippen molar-refractivity contribution in [2.75, 3.05) is 0 Å². The number of hydrogen-bond acceptors (Lipinski definition) is 2. The molecule has 0 bridgehead atoms. The van der Waals surface area contributed by atoms with E-state index < -0.39 is 11.6 Å². The van der Waals surface area contributed by atoms with Crippen molar-refractivity contribution in [3.8, 4) is 0 Å². The summed E-state index contributed by atoms with van der Waals surface area (Å²) >= 11 is 0. The molecule has 0 aromatic carbocycles. The van der Waals surface area contributed by atoms with Crippen LogP contribution in [0.5, 0.6) is 0 Å². The zero-order valence-electron chi connectivity index (χ0n) is 8.67. The molecule has 4 heteroatoms. The van der Waals surface area contributed by atoms with Gasteiger partial charge >= 0.3 is 6.09 Å². The summed E-state index contributed by atoms with van der Waals surface area (Å²) in [5.74, 6) is 0.573. The molecule has 1 aliphatic rings. The monoisotopic (exact) mass is 199 g/mol. The number of Topliss-reactive ketones (excluding diaryl/α,β-unsaturated/α-hetero) is 1. The van der Waals surface area contributed by atoms with E-state index in [1.165, 1.54) is 0 Å². The predicted molar refractivity (Wildman–Crippen MR) is 52.2 cm³/mol. The molecule has 14 heavy (non-hydrogen) atoms. The minimum absolute atomic E-state index is 0.274. The van der Waals surface area contributed by atoms with E-state index in [9.17, 15) is 9.59 Å². The quantitative estimate of drug-likeness (QED) is 0.712. The Morgan fingerprint density at radius 1 is 1.43 bits per heavy atom. The molecule has 0 radical (unpaired) electrons. The minimum atomic E-state index is -0.994. The van der Waals surface area contributed by atoms with Crippen LogP contribution in [0.25, 0.3) is 0 Å². The molecular weight excluding hydrogens is 182 g/mol. The van der Waals surface area contributed by atoms with E-state index in [1.54, 1.807) is 0 Å². The van der Waals surface area contributed by atoms with Gasteiger partial charge in [-0.3, -0.25) is 4.79 Å². The van der Waals surface area contributed by atoms with E-state index >= 15 is 0 Å². The predicted octanol–water partition coefficient (Wildman–Crippen LogP) is 1.79. The van der Waals surface area contributed by atoms with Gasteiger partial charge in [-0.25, -0.2) is 4.79 Å². The first-order valence-corrected chi connectivity index (χ1v) is 4.94. The SMILES string of the molecule is CC(C)(NC(=O)O)C1CCC(=O)CC1. The summed E-state index contributed by atoms with van der Waals surface area (Å²) in [4.78, 5) is 21.6. The first-order valence-electron chi connectivity index (χ1n) is 4.94. The molecule has 1 saturated carbocycles. The lowest BCUT2D eigenvalue weighted by atomic mass is 9.76. The van der Waals surface area contributed by atoms with E-state index in [0.29, 0.717) is 18.6 Å². The molecule has 2 N–H and O–H groups in total. The van der Waals surface area contributed by atoms with Crippen LogP contribution in [0.4, 0.5) is 4.79 Å². The zero-order chi connectivity index (χ0) is 10.8. The van der Waals surface area contributed by atoms with Crippen molar-refractivity contribution in [3.63, 3.8) is 0 Å². The molecule has 0 spiro atoms. The van der Waals surface area contributed by atoms with Crippen molar-refractivity contribution in [3.05, 3.63) is 0 Å². The van der Waals surface area contributed by atoms with Crippen molar-refractivity contribution in [2.45, 2.75) is 45.1 Å². The van der Waals surface area contributed by atoms with Gasteiger partial charge in [-0.15, -0.1) is 0 Å². The highest BCUT2D eigenvalue weighted by molar-refractivity contribution is 5.79. The van der Waals surface area contributed by atoms with E-state index in [2.05, 4.69) is 5.32 Å². The number of ketones is 1. The third-order valence-electron chi connectivity index (χ3n) is 2.99. The van der Waals surface area contributed by atoms with Crippen molar-refractivity contribution in [1.29, 1.82) is 0 Å². The van der Waals surface area contributed by atoms with Gasteiger partial charge in [0.05, 0.1) is 0 Å². The summed E-state index contributed by atoms with van der Waals surface area (Å²) in [6, 6.07) is 0. The summed E-state index contributed by atoms with van der Waals surface area (Å²) < 4.78 is 0. The van der Waals surface area contributed by atoms with Crippen molar-refractivity contribution in [2.24, 2.45) is 5.92 Å². The van der Waals surface area contributed by atoms with Gasteiger partial charge in [-0.2, -0.15) is 0 Å². The number of carbonyl (C=O) groups excluding carboxylic acids is 1. The molecule has 0 aliphatic heterocycles. The second-order valence-corrected chi connectivity index (χ2v) is 4.46. The Balaban J connectivity index is 2.54. The van der Waals surface area contributed by atoms with Crippen LogP contribution in [0.15, 0.2) is 0 Å². The van der Waals surface area contributed by atoms with Gasteiger partial charge in [0.25, 0.3) is 0 Å². The van der Waals surface area contributed by atoms with Crippen LogP contribution >= 0.6 is 0 Å². The van der Waals surface area contributed by atoms with Gasteiger partial charge in [0.15, 0.2) is 0 Å². The Hall–Kier alpha value is -1.06. The number of amides is 1. The van der Waals surface area contributed by atoms with Gasteiger partial charge < -0.3 is 10.4 Å². The number of nitrogens with one attached hydrogen (secondary N) is 1. The molecule has 0 unspecified atom stereocenters. The molecule has 0 atom stereocenters. The Morgan fingerprint density at radius 3 is 2.36 bits per heavy atom. The lowest BCUT2D eigenvalue weighted by Gasteiger charge is -2.36. The fraction of sp³-hybridized carbons (Fsp3) is 0.800. The van der Waals surface area contributed by atoms with Crippen molar-refractivity contribution >= 4 is 11.9 Å². The third-order valence-corrected chi connectivity index (χ3v) is 2.99. The fourth-order valence-electron chi connectivity index (χ4n) is 2.04. The maximum atomic E-state index is 11.0. The van der Waals surface area contributed by atoms with E-state index in [0.717, 1.165) is 12.8 Å². The molecule has 0 aromatic rings. The second-order valence-electron chi connectivity index (χ2n) is 4.46. The average Bonchev–Trinajstić information content (AvgIpc) is 2.02. The van der Waals surface area contributed by atoms with Crippen LogP contribution in [-0.4, -0.2) is 22.5 Å². The van der Waals surface area contributed by atoms with Gasteiger partial charge in [-0.1, -0.05) is 0 Å². The standard InChI is InChI=1S/C10H17NO3/c1-10(2,11-9(13)14)7-3-5-8(12)6-4-7/h7,11H,3-6H2,1-2H3,(H,13,14). The molecule has 80 valence electrons. The van der Waals surface area contributed by atoms with E-state index in [-0.39, 0.29) is 5.92 Å². The highest BCUT2D eigenvalue weighted by Crippen LogP contribution is 2.30. The largest absolute Gasteiger partial charge is 0.465 e. The number of carboxylic acid groups (broad SMARTS) is 1. The van der Waals surface area contributed by atoms with Crippen LogP contribution in [0.1, 0.15) is 39.5 Å². The molecule has 0 heterocycles. The Bertz CT molecular complexity index is 238. The van der Waals surface area contributed by atoms with Crippen molar-refractivity contribution < 1.29 is 14.7 Å². The normalized spacial score (nSPS) is 19.4.